The summed E-state index contributed by atoms with van der Waals surface area (Å²) in [7, 11) is -2.19. The summed E-state index contributed by atoms with van der Waals surface area (Å²) in [6.45, 7) is 3.90. The van der Waals surface area contributed by atoms with E-state index in [1.165, 1.54) is 4.31 Å². The van der Waals surface area contributed by atoms with Gasteiger partial charge in [0, 0.05) is 12.5 Å². The van der Waals surface area contributed by atoms with Crippen molar-refractivity contribution in [2.75, 3.05) is 18.0 Å². The van der Waals surface area contributed by atoms with Crippen LogP contribution in [0.25, 0.3) is 0 Å². The maximum absolute atomic E-state index is 13.4. The van der Waals surface area contributed by atoms with Crippen LogP contribution in [0.1, 0.15) is 17.5 Å². The van der Waals surface area contributed by atoms with E-state index in [0.29, 0.717) is 28.3 Å². The maximum Gasteiger partial charge on any atom is 0.264 e. The van der Waals surface area contributed by atoms with Gasteiger partial charge < -0.3 is 4.74 Å². The number of hydrogen-bond donors (Lipinski definition) is 0. The average molecular weight is 414 g/mol. The van der Waals surface area contributed by atoms with Crippen molar-refractivity contribution in [3.05, 3.63) is 53.6 Å². The highest BCUT2D eigenvalue weighted by Crippen LogP contribution is 2.54. The van der Waals surface area contributed by atoms with Crippen LogP contribution in [-0.2, 0) is 10.0 Å². The number of nitrogens with zero attached hydrogens (tertiary/aromatic N) is 1. The molecule has 7 heteroatoms. The van der Waals surface area contributed by atoms with Gasteiger partial charge in [0.05, 0.1) is 17.7 Å². The molecule has 0 bridgehead atoms. The predicted octanol–water partition coefficient (Wildman–Crippen LogP) is 4.70. The number of ether oxygens (including phenoxy) is 1. The number of methoxy groups -OCH3 is 1. The van der Waals surface area contributed by atoms with Crippen molar-refractivity contribution in [2.45, 2.75) is 29.5 Å². The molecule has 4 nitrogen and oxygen atoms in total. The summed E-state index contributed by atoms with van der Waals surface area (Å²) in [5, 5.41) is 0. The number of halogens is 2. The van der Waals surface area contributed by atoms with E-state index in [-0.39, 0.29) is 12.5 Å². The molecule has 1 fully saturated rings. The molecule has 0 heterocycles. The first-order valence-corrected chi connectivity index (χ1v) is 10.5. The Morgan fingerprint density at radius 2 is 1.77 bits per heavy atom. The predicted molar refractivity (Wildman–Crippen MR) is 106 cm³/mol. The van der Waals surface area contributed by atoms with E-state index in [4.69, 9.17) is 27.9 Å². The summed E-state index contributed by atoms with van der Waals surface area (Å²) in [4.78, 5) is 0.295. The highest BCUT2D eigenvalue weighted by molar-refractivity contribution is 7.92. The SMILES string of the molecule is COc1ccc(N(CC2CC2(Cl)Cl)S(=O)(=O)c2cc(C)ccc2C)cc1. The van der Waals surface area contributed by atoms with Gasteiger partial charge >= 0.3 is 0 Å². The van der Waals surface area contributed by atoms with E-state index >= 15 is 0 Å². The smallest absolute Gasteiger partial charge is 0.264 e. The van der Waals surface area contributed by atoms with E-state index < -0.39 is 14.4 Å². The van der Waals surface area contributed by atoms with Gasteiger partial charge in [-0.1, -0.05) is 12.1 Å². The van der Waals surface area contributed by atoms with Crippen LogP contribution < -0.4 is 9.04 Å². The number of rotatable bonds is 6. The summed E-state index contributed by atoms with van der Waals surface area (Å²) in [6, 6.07) is 12.4. The zero-order valence-electron chi connectivity index (χ0n) is 14.9. The fourth-order valence-corrected chi connectivity index (χ4v) is 5.20. The number of aryl methyl sites for hydroxylation is 2. The van der Waals surface area contributed by atoms with Crippen LogP contribution in [0.5, 0.6) is 5.75 Å². The van der Waals surface area contributed by atoms with Crippen molar-refractivity contribution >= 4 is 38.9 Å². The molecule has 0 saturated heterocycles. The Kier molecular flexibility index (Phi) is 5.17. The lowest BCUT2D eigenvalue weighted by Crippen LogP contribution is -2.34. The van der Waals surface area contributed by atoms with Gasteiger partial charge in [0.2, 0.25) is 0 Å². The Balaban J connectivity index is 2.05. The Hall–Kier alpha value is -1.43. The second-order valence-corrected chi connectivity index (χ2v) is 10.0. The third kappa shape index (κ3) is 3.80. The van der Waals surface area contributed by atoms with Gasteiger partial charge in [-0.15, -0.1) is 23.2 Å². The van der Waals surface area contributed by atoms with Crippen molar-refractivity contribution in [1.82, 2.24) is 0 Å². The van der Waals surface area contributed by atoms with Crippen LogP contribution >= 0.6 is 23.2 Å². The minimum absolute atomic E-state index is 0.104. The maximum atomic E-state index is 13.4. The molecule has 140 valence electrons. The number of hydrogen-bond acceptors (Lipinski definition) is 3. The summed E-state index contributed by atoms with van der Waals surface area (Å²) in [5.41, 5.74) is 2.15. The second-order valence-electron chi connectivity index (χ2n) is 6.67. The van der Waals surface area contributed by atoms with Crippen molar-refractivity contribution < 1.29 is 13.2 Å². The fraction of sp³-hybridized carbons (Fsp3) is 0.368. The summed E-state index contributed by atoms with van der Waals surface area (Å²) in [6.07, 6.45) is 0.574. The van der Waals surface area contributed by atoms with Gasteiger partial charge in [0.25, 0.3) is 10.0 Å². The highest BCUT2D eigenvalue weighted by atomic mass is 35.5. The Morgan fingerprint density at radius 1 is 1.15 bits per heavy atom. The number of anilines is 1. The Morgan fingerprint density at radius 3 is 2.31 bits per heavy atom. The molecular formula is C19H21Cl2NO3S. The molecule has 3 rings (SSSR count). The standard InChI is InChI=1S/C19H21Cl2NO3S/c1-13-4-5-14(2)18(10-13)26(23,24)22(12-15-11-19(15,20)21)16-6-8-17(25-3)9-7-16/h4-10,15H,11-12H2,1-3H3. The average Bonchev–Trinajstić information content (AvgIpc) is 3.21. The van der Waals surface area contributed by atoms with E-state index in [1.807, 2.05) is 19.1 Å². The molecule has 0 spiro atoms. The molecule has 0 amide bonds. The summed E-state index contributed by atoms with van der Waals surface area (Å²) in [5.74, 6) is 0.557. The van der Waals surface area contributed by atoms with Crippen LogP contribution in [0.15, 0.2) is 47.4 Å². The lowest BCUT2D eigenvalue weighted by molar-refractivity contribution is 0.415. The molecule has 1 atom stereocenters. The minimum Gasteiger partial charge on any atom is -0.497 e. The molecule has 0 aliphatic heterocycles. The van der Waals surface area contributed by atoms with Gasteiger partial charge in [-0.2, -0.15) is 0 Å². The normalized spacial score (nSPS) is 18.4. The topological polar surface area (TPSA) is 46.6 Å². The van der Waals surface area contributed by atoms with Crippen molar-refractivity contribution in [3.8, 4) is 5.75 Å². The van der Waals surface area contributed by atoms with Crippen LogP contribution in [0, 0.1) is 19.8 Å². The number of sulfonamides is 1. The van der Waals surface area contributed by atoms with Crippen molar-refractivity contribution in [2.24, 2.45) is 5.92 Å². The van der Waals surface area contributed by atoms with Gasteiger partial charge in [0.1, 0.15) is 10.1 Å². The molecule has 0 N–H and O–H groups in total. The molecule has 2 aromatic rings. The number of alkyl halides is 2. The first-order chi connectivity index (χ1) is 12.1. The molecule has 1 unspecified atom stereocenters. The van der Waals surface area contributed by atoms with Crippen LogP contribution in [0.3, 0.4) is 0 Å². The van der Waals surface area contributed by atoms with Gasteiger partial charge in [-0.3, -0.25) is 4.31 Å². The van der Waals surface area contributed by atoms with Crippen LogP contribution in [0.2, 0.25) is 0 Å². The molecule has 26 heavy (non-hydrogen) atoms. The minimum atomic E-state index is -3.76. The Labute approximate surface area is 164 Å². The monoisotopic (exact) mass is 413 g/mol. The fourth-order valence-electron chi connectivity index (χ4n) is 2.86. The van der Waals surface area contributed by atoms with E-state index in [1.54, 1.807) is 44.4 Å². The molecular weight excluding hydrogens is 393 g/mol. The lowest BCUT2D eigenvalue weighted by Gasteiger charge is -2.26. The molecule has 0 radical (unpaired) electrons. The van der Waals surface area contributed by atoms with Crippen molar-refractivity contribution in [3.63, 3.8) is 0 Å². The highest BCUT2D eigenvalue weighted by Gasteiger charge is 2.53. The number of benzene rings is 2. The lowest BCUT2D eigenvalue weighted by atomic mass is 10.2. The second kappa shape index (κ2) is 6.95. The molecule has 0 aromatic heterocycles. The third-order valence-electron chi connectivity index (χ3n) is 4.61. The first-order valence-electron chi connectivity index (χ1n) is 8.27. The zero-order chi connectivity index (χ0) is 19.1. The van der Waals surface area contributed by atoms with Gasteiger partial charge in [-0.25, -0.2) is 8.42 Å². The van der Waals surface area contributed by atoms with E-state index in [2.05, 4.69) is 0 Å². The molecule has 1 saturated carbocycles. The molecule has 1 aliphatic carbocycles. The zero-order valence-corrected chi connectivity index (χ0v) is 17.2. The van der Waals surface area contributed by atoms with Crippen molar-refractivity contribution in [1.29, 1.82) is 0 Å². The van der Waals surface area contributed by atoms with Crippen LogP contribution in [0.4, 0.5) is 5.69 Å². The molecule has 2 aromatic carbocycles. The first kappa shape index (κ1) is 19.3. The van der Waals surface area contributed by atoms with E-state index in [0.717, 1.165) is 5.56 Å². The van der Waals surface area contributed by atoms with Crippen LogP contribution in [-0.4, -0.2) is 26.4 Å². The van der Waals surface area contributed by atoms with E-state index in [9.17, 15) is 8.42 Å². The molecule has 1 aliphatic rings. The largest absolute Gasteiger partial charge is 0.497 e. The van der Waals surface area contributed by atoms with Gasteiger partial charge in [0.15, 0.2) is 0 Å². The van der Waals surface area contributed by atoms with Gasteiger partial charge in [-0.05, 0) is 61.7 Å². The Bertz CT molecular complexity index is 911. The third-order valence-corrected chi connectivity index (χ3v) is 7.48. The summed E-state index contributed by atoms with van der Waals surface area (Å²) < 4.78 is 32.6. The summed E-state index contributed by atoms with van der Waals surface area (Å²) >= 11 is 12.3. The quantitative estimate of drug-likeness (QED) is 0.644.